The number of nitrogens with zero attached hydrogens (tertiary/aromatic N) is 1. The minimum absolute atomic E-state index is 0.126. The molecule has 2 saturated heterocycles. The van der Waals surface area contributed by atoms with Crippen molar-refractivity contribution in [2.24, 2.45) is 0 Å². The number of nitrogens with one attached hydrogen (secondary N) is 1. The molecular weight excluding hydrogens is 276 g/mol. The molecule has 1 amide bonds. The molecule has 0 saturated carbocycles. The minimum Gasteiger partial charge on any atom is -0.369 e. The maximum absolute atomic E-state index is 12.7. The zero-order chi connectivity index (χ0) is 15.7. The van der Waals surface area contributed by atoms with Crippen molar-refractivity contribution >= 4 is 5.91 Å². The molecule has 2 aliphatic heterocycles. The van der Waals surface area contributed by atoms with Crippen LogP contribution >= 0.6 is 0 Å². The molecule has 2 aliphatic rings. The van der Waals surface area contributed by atoms with Gasteiger partial charge in [0.05, 0.1) is 12.2 Å². The number of fused-ring (bicyclic) bond motifs is 2. The summed E-state index contributed by atoms with van der Waals surface area (Å²) in [5.41, 5.74) is 2.22. The lowest BCUT2D eigenvalue weighted by atomic mass is 9.82. The van der Waals surface area contributed by atoms with E-state index in [1.165, 1.54) is 5.56 Å². The van der Waals surface area contributed by atoms with Crippen molar-refractivity contribution in [1.82, 2.24) is 10.2 Å². The number of amides is 1. The molecule has 1 aromatic carbocycles. The lowest BCUT2D eigenvalue weighted by Crippen LogP contribution is -2.59. The number of carbonyl (C=O) groups excluding carboxylic acids is 1. The number of rotatable bonds is 3. The summed E-state index contributed by atoms with van der Waals surface area (Å²) in [7, 11) is 0. The van der Waals surface area contributed by atoms with E-state index in [-0.39, 0.29) is 23.5 Å². The fraction of sp³-hybridized carbons (Fsp3) is 0.611. The van der Waals surface area contributed by atoms with Crippen molar-refractivity contribution in [3.63, 3.8) is 0 Å². The van der Waals surface area contributed by atoms with Crippen LogP contribution in [0.1, 0.15) is 43.1 Å². The van der Waals surface area contributed by atoms with Crippen molar-refractivity contribution < 1.29 is 9.53 Å². The van der Waals surface area contributed by atoms with Gasteiger partial charge in [-0.3, -0.25) is 4.79 Å². The summed E-state index contributed by atoms with van der Waals surface area (Å²) in [4.78, 5) is 14.7. The quantitative estimate of drug-likeness (QED) is 0.930. The van der Waals surface area contributed by atoms with Crippen LogP contribution in [0.25, 0.3) is 0 Å². The summed E-state index contributed by atoms with van der Waals surface area (Å²) in [6.45, 7) is 9.71. The molecule has 0 spiro atoms. The zero-order valence-electron chi connectivity index (χ0n) is 13.8. The summed E-state index contributed by atoms with van der Waals surface area (Å²) in [6.07, 6.45) is 1.35. The molecule has 2 bridgehead atoms. The van der Waals surface area contributed by atoms with Crippen molar-refractivity contribution in [1.29, 1.82) is 0 Å². The molecule has 0 radical (unpaired) electrons. The Morgan fingerprint density at radius 2 is 1.82 bits per heavy atom. The SMILES string of the molecule is CCC(C)(C)c1ccc(C(=O)N2CC3CNCC(C2)O3)cc1. The van der Waals surface area contributed by atoms with Crippen LogP contribution in [0.5, 0.6) is 0 Å². The van der Waals surface area contributed by atoms with E-state index in [1.807, 2.05) is 17.0 Å². The van der Waals surface area contributed by atoms with Gasteiger partial charge in [0, 0.05) is 31.7 Å². The van der Waals surface area contributed by atoms with Crippen molar-refractivity contribution in [3.8, 4) is 0 Å². The predicted octanol–water partition coefficient (Wildman–Crippen LogP) is 2.19. The van der Waals surface area contributed by atoms with Crippen molar-refractivity contribution in [3.05, 3.63) is 35.4 Å². The molecule has 120 valence electrons. The molecule has 1 N–H and O–H groups in total. The van der Waals surface area contributed by atoms with E-state index in [4.69, 9.17) is 4.74 Å². The van der Waals surface area contributed by atoms with Crippen LogP contribution in [0.4, 0.5) is 0 Å². The van der Waals surface area contributed by atoms with Crippen LogP contribution in [0.2, 0.25) is 0 Å². The molecule has 22 heavy (non-hydrogen) atoms. The number of hydrogen-bond acceptors (Lipinski definition) is 3. The van der Waals surface area contributed by atoms with E-state index in [1.54, 1.807) is 0 Å². The van der Waals surface area contributed by atoms with Crippen LogP contribution in [0.3, 0.4) is 0 Å². The average molecular weight is 302 g/mol. The summed E-state index contributed by atoms with van der Waals surface area (Å²) >= 11 is 0. The topological polar surface area (TPSA) is 41.6 Å². The van der Waals surface area contributed by atoms with Gasteiger partial charge in [0.1, 0.15) is 0 Å². The molecule has 3 rings (SSSR count). The molecule has 0 aromatic heterocycles. The molecule has 2 heterocycles. The first kappa shape index (κ1) is 15.5. The molecular formula is C18H26N2O2. The monoisotopic (exact) mass is 302 g/mol. The van der Waals surface area contributed by atoms with Gasteiger partial charge < -0.3 is 15.0 Å². The van der Waals surface area contributed by atoms with Crippen LogP contribution < -0.4 is 5.32 Å². The summed E-state index contributed by atoms with van der Waals surface area (Å²) in [6, 6.07) is 8.14. The van der Waals surface area contributed by atoms with E-state index < -0.39 is 0 Å². The van der Waals surface area contributed by atoms with Crippen LogP contribution in [-0.4, -0.2) is 49.2 Å². The Morgan fingerprint density at radius 1 is 1.23 bits per heavy atom. The van der Waals surface area contributed by atoms with Gasteiger partial charge in [-0.25, -0.2) is 0 Å². The highest BCUT2D eigenvalue weighted by Crippen LogP contribution is 2.27. The van der Waals surface area contributed by atoms with E-state index >= 15 is 0 Å². The number of ether oxygens (including phenoxy) is 1. The molecule has 1 aromatic rings. The van der Waals surface area contributed by atoms with Gasteiger partial charge in [0.25, 0.3) is 5.91 Å². The highest BCUT2D eigenvalue weighted by molar-refractivity contribution is 5.94. The van der Waals surface area contributed by atoms with Crippen molar-refractivity contribution in [2.75, 3.05) is 26.2 Å². The second-order valence-corrected chi connectivity index (χ2v) is 7.06. The first-order chi connectivity index (χ1) is 10.5. The predicted molar refractivity (Wildman–Crippen MR) is 87.2 cm³/mol. The third kappa shape index (κ3) is 3.03. The van der Waals surface area contributed by atoms with Crippen LogP contribution in [-0.2, 0) is 10.2 Å². The van der Waals surface area contributed by atoms with Crippen molar-refractivity contribution in [2.45, 2.75) is 44.8 Å². The van der Waals surface area contributed by atoms with E-state index in [2.05, 4.69) is 38.2 Å². The summed E-state index contributed by atoms with van der Waals surface area (Å²) < 4.78 is 5.86. The van der Waals surface area contributed by atoms with Crippen LogP contribution in [0, 0.1) is 0 Å². The van der Waals surface area contributed by atoms with E-state index in [9.17, 15) is 4.79 Å². The Bertz CT molecular complexity index is 527. The van der Waals surface area contributed by atoms with E-state index in [0.717, 1.165) is 25.1 Å². The van der Waals surface area contributed by atoms with Crippen LogP contribution in [0.15, 0.2) is 24.3 Å². The minimum atomic E-state index is 0.126. The second-order valence-electron chi connectivity index (χ2n) is 7.06. The first-order valence-corrected chi connectivity index (χ1v) is 8.25. The Kier molecular flexibility index (Phi) is 4.24. The highest BCUT2D eigenvalue weighted by Gasteiger charge is 2.33. The maximum atomic E-state index is 12.7. The molecule has 2 unspecified atom stereocenters. The third-order valence-corrected chi connectivity index (χ3v) is 5.06. The largest absolute Gasteiger partial charge is 0.369 e. The lowest BCUT2D eigenvalue weighted by Gasteiger charge is -2.41. The number of carbonyl (C=O) groups is 1. The van der Waals surface area contributed by atoms with Gasteiger partial charge in [-0.1, -0.05) is 32.9 Å². The summed E-state index contributed by atoms with van der Waals surface area (Å²) in [5.74, 6) is 0.126. The Labute approximate surface area is 132 Å². The maximum Gasteiger partial charge on any atom is 0.254 e. The third-order valence-electron chi connectivity index (χ3n) is 5.06. The Hall–Kier alpha value is -1.39. The summed E-state index contributed by atoms with van der Waals surface area (Å²) in [5, 5.41) is 3.35. The zero-order valence-corrected chi connectivity index (χ0v) is 13.8. The van der Waals surface area contributed by atoms with Gasteiger partial charge >= 0.3 is 0 Å². The standard InChI is InChI=1S/C18H26N2O2/c1-4-18(2,3)14-7-5-13(6-8-14)17(21)20-11-15-9-19-10-16(12-20)22-15/h5-8,15-16,19H,4,9-12H2,1-3H3. The lowest BCUT2D eigenvalue weighted by molar-refractivity contribution is -0.0930. The van der Waals surface area contributed by atoms with Gasteiger partial charge in [-0.2, -0.15) is 0 Å². The van der Waals surface area contributed by atoms with Gasteiger partial charge in [0.2, 0.25) is 0 Å². The number of hydrogen-bond donors (Lipinski definition) is 1. The van der Waals surface area contributed by atoms with Gasteiger partial charge in [-0.05, 0) is 29.5 Å². The number of morpholine rings is 2. The fourth-order valence-corrected chi connectivity index (χ4v) is 3.17. The van der Waals surface area contributed by atoms with E-state index in [0.29, 0.717) is 13.1 Å². The molecule has 2 fully saturated rings. The van der Waals surface area contributed by atoms with Gasteiger partial charge in [-0.15, -0.1) is 0 Å². The second kappa shape index (κ2) is 6.01. The molecule has 4 nitrogen and oxygen atoms in total. The molecule has 4 heteroatoms. The molecule has 2 atom stereocenters. The first-order valence-electron chi connectivity index (χ1n) is 8.25. The Balaban J connectivity index is 1.72. The fourth-order valence-electron chi connectivity index (χ4n) is 3.17. The highest BCUT2D eigenvalue weighted by atomic mass is 16.5. The number of benzene rings is 1. The normalized spacial score (nSPS) is 25.1. The Morgan fingerprint density at radius 3 is 2.36 bits per heavy atom. The average Bonchev–Trinajstić information content (AvgIpc) is 2.54. The van der Waals surface area contributed by atoms with Gasteiger partial charge in [0.15, 0.2) is 0 Å². The smallest absolute Gasteiger partial charge is 0.254 e. The molecule has 0 aliphatic carbocycles.